The third-order valence-electron chi connectivity index (χ3n) is 0.847. The van der Waals surface area contributed by atoms with Crippen molar-refractivity contribution >= 4 is 12.4 Å². The van der Waals surface area contributed by atoms with E-state index in [0.717, 1.165) is 0 Å². The van der Waals surface area contributed by atoms with E-state index >= 15 is 0 Å². The van der Waals surface area contributed by atoms with Gasteiger partial charge in [-0.15, -0.1) is 12.4 Å². The smallest absolute Gasteiger partial charge is 0.212 e. The molecule has 1 aromatic rings. The van der Waals surface area contributed by atoms with E-state index in [-0.39, 0.29) is 18.6 Å². The van der Waals surface area contributed by atoms with Crippen LogP contribution < -0.4 is 10.9 Å². The first-order chi connectivity index (χ1) is 3.93. The maximum Gasteiger partial charge on any atom is 0.212 e. The standard InChI is InChI=1S/C6H7NO.ClH.H3N/c1-8-6-4-2-3-5-7-6;;/h2-5H,1H3;1H;1H3. The minimum absolute atomic E-state index is 0. The van der Waals surface area contributed by atoms with Crippen LogP contribution in [0.4, 0.5) is 0 Å². The largest absolute Gasteiger partial charge is 0.481 e. The van der Waals surface area contributed by atoms with Gasteiger partial charge in [-0.25, -0.2) is 4.98 Å². The van der Waals surface area contributed by atoms with Crippen LogP contribution in [0.3, 0.4) is 0 Å². The van der Waals surface area contributed by atoms with E-state index in [1.807, 2.05) is 12.1 Å². The first-order valence-corrected chi connectivity index (χ1v) is 2.38. The molecule has 0 aliphatic carbocycles. The summed E-state index contributed by atoms with van der Waals surface area (Å²) in [5.41, 5.74) is 0. The molecule has 0 unspecified atom stereocenters. The summed E-state index contributed by atoms with van der Waals surface area (Å²) in [5.74, 6) is 0.660. The van der Waals surface area contributed by atoms with Crippen molar-refractivity contribution in [1.29, 1.82) is 0 Å². The minimum Gasteiger partial charge on any atom is -0.481 e. The van der Waals surface area contributed by atoms with Gasteiger partial charge in [-0.05, 0) is 6.07 Å². The second-order valence-electron chi connectivity index (χ2n) is 1.37. The highest BCUT2D eigenvalue weighted by molar-refractivity contribution is 5.85. The Kier molecular flexibility index (Phi) is 7.54. The summed E-state index contributed by atoms with van der Waals surface area (Å²) < 4.78 is 4.80. The number of hydrogen-bond acceptors (Lipinski definition) is 3. The molecule has 3 nitrogen and oxygen atoms in total. The molecule has 0 aliphatic rings. The molecule has 0 fully saturated rings. The molecule has 0 radical (unpaired) electrons. The van der Waals surface area contributed by atoms with E-state index < -0.39 is 0 Å². The van der Waals surface area contributed by atoms with E-state index in [1.54, 1.807) is 19.4 Å². The molecule has 0 aliphatic heterocycles. The van der Waals surface area contributed by atoms with Crippen molar-refractivity contribution in [2.45, 2.75) is 0 Å². The number of ether oxygens (including phenoxy) is 1. The van der Waals surface area contributed by atoms with Crippen molar-refractivity contribution in [1.82, 2.24) is 11.1 Å². The number of halogens is 1. The van der Waals surface area contributed by atoms with Gasteiger partial charge in [0.05, 0.1) is 7.11 Å². The predicted molar refractivity (Wildman–Crippen MR) is 43.1 cm³/mol. The second-order valence-corrected chi connectivity index (χ2v) is 1.37. The molecule has 0 spiro atoms. The summed E-state index contributed by atoms with van der Waals surface area (Å²) in [4.78, 5) is 3.88. The fraction of sp³-hybridized carbons (Fsp3) is 0.167. The number of nitrogens with zero attached hydrogens (tertiary/aromatic N) is 1. The van der Waals surface area contributed by atoms with Gasteiger partial charge >= 0.3 is 0 Å². The fourth-order valence-electron chi connectivity index (χ4n) is 0.468. The Morgan fingerprint density at radius 1 is 1.40 bits per heavy atom. The highest BCUT2D eigenvalue weighted by Gasteiger charge is 1.82. The SMILES string of the molecule is COc1ccccn1.Cl.N. The lowest BCUT2D eigenvalue weighted by atomic mass is 10.5. The molecule has 0 saturated heterocycles. The summed E-state index contributed by atoms with van der Waals surface area (Å²) in [6.45, 7) is 0. The molecule has 3 N–H and O–H groups in total. The van der Waals surface area contributed by atoms with Gasteiger partial charge in [0, 0.05) is 12.3 Å². The Morgan fingerprint density at radius 2 is 2.10 bits per heavy atom. The lowest BCUT2D eigenvalue weighted by Crippen LogP contribution is -1.83. The Balaban J connectivity index is 0. The fourth-order valence-corrected chi connectivity index (χ4v) is 0.468. The van der Waals surface area contributed by atoms with Crippen LogP contribution in [0.15, 0.2) is 24.4 Å². The highest BCUT2D eigenvalue weighted by Crippen LogP contribution is 1.99. The number of pyridine rings is 1. The molecule has 1 rings (SSSR count). The number of methoxy groups -OCH3 is 1. The van der Waals surface area contributed by atoms with Crippen molar-refractivity contribution in [2.24, 2.45) is 0 Å². The predicted octanol–water partition coefficient (Wildman–Crippen LogP) is 1.67. The van der Waals surface area contributed by atoms with Gasteiger partial charge in [0.1, 0.15) is 0 Å². The number of hydrogen-bond donors (Lipinski definition) is 1. The van der Waals surface area contributed by atoms with E-state index in [9.17, 15) is 0 Å². The monoisotopic (exact) mass is 162 g/mol. The molecule has 0 aromatic carbocycles. The van der Waals surface area contributed by atoms with Crippen LogP contribution in [0, 0.1) is 0 Å². The molecule has 58 valence electrons. The summed E-state index contributed by atoms with van der Waals surface area (Å²) >= 11 is 0. The van der Waals surface area contributed by atoms with E-state index in [2.05, 4.69) is 4.98 Å². The Labute approximate surface area is 66.4 Å². The van der Waals surface area contributed by atoms with Crippen molar-refractivity contribution in [2.75, 3.05) is 7.11 Å². The average molecular weight is 163 g/mol. The summed E-state index contributed by atoms with van der Waals surface area (Å²) in [5, 5.41) is 0. The number of rotatable bonds is 1. The molecule has 1 aromatic heterocycles. The zero-order valence-electron chi connectivity index (χ0n) is 5.78. The summed E-state index contributed by atoms with van der Waals surface area (Å²) in [7, 11) is 1.60. The van der Waals surface area contributed by atoms with Crippen molar-refractivity contribution in [3.05, 3.63) is 24.4 Å². The quantitative estimate of drug-likeness (QED) is 0.684. The maximum atomic E-state index is 4.80. The number of aromatic nitrogens is 1. The van der Waals surface area contributed by atoms with Gasteiger partial charge in [0.15, 0.2) is 0 Å². The zero-order valence-corrected chi connectivity index (χ0v) is 6.60. The second kappa shape index (κ2) is 6.32. The van der Waals surface area contributed by atoms with E-state index in [0.29, 0.717) is 5.88 Å². The summed E-state index contributed by atoms with van der Waals surface area (Å²) in [6.07, 6.45) is 1.69. The van der Waals surface area contributed by atoms with Gasteiger partial charge in [0.2, 0.25) is 5.88 Å². The molecule has 0 saturated carbocycles. The molecular formula is C6H11ClN2O. The first-order valence-electron chi connectivity index (χ1n) is 2.38. The third kappa shape index (κ3) is 3.27. The van der Waals surface area contributed by atoms with Gasteiger partial charge in [-0.2, -0.15) is 0 Å². The molecule has 10 heavy (non-hydrogen) atoms. The van der Waals surface area contributed by atoms with Gasteiger partial charge in [-0.1, -0.05) is 6.07 Å². The molecule has 0 amide bonds. The maximum absolute atomic E-state index is 4.80. The normalized spacial score (nSPS) is 6.90. The van der Waals surface area contributed by atoms with E-state index in [4.69, 9.17) is 4.74 Å². The molecule has 4 heteroatoms. The van der Waals surface area contributed by atoms with Crippen LogP contribution in [-0.4, -0.2) is 12.1 Å². The van der Waals surface area contributed by atoms with Gasteiger partial charge < -0.3 is 10.9 Å². The zero-order chi connectivity index (χ0) is 5.82. The van der Waals surface area contributed by atoms with Gasteiger partial charge in [-0.3, -0.25) is 0 Å². The van der Waals surface area contributed by atoms with Crippen molar-refractivity contribution < 1.29 is 4.74 Å². The van der Waals surface area contributed by atoms with Crippen LogP contribution in [-0.2, 0) is 0 Å². The van der Waals surface area contributed by atoms with Crippen LogP contribution in [0.5, 0.6) is 5.88 Å². The van der Waals surface area contributed by atoms with E-state index in [1.165, 1.54) is 0 Å². The Hall–Kier alpha value is -0.800. The lowest BCUT2D eigenvalue weighted by Gasteiger charge is -1.92. The van der Waals surface area contributed by atoms with Crippen LogP contribution in [0.1, 0.15) is 0 Å². The molecule has 1 heterocycles. The molecule has 0 bridgehead atoms. The van der Waals surface area contributed by atoms with Crippen LogP contribution in [0.2, 0.25) is 0 Å². The van der Waals surface area contributed by atoms with Crippen molar-refractivity contribution in [3.63, 3.8) is 0 Å². The Morgan fingerprint density at radius 3 is 2.40 bits per heavy atom. The van der Waals surface area contributed by atoms with Crippen LogP contribution >= 0.6 is 12.4 Å². The van der Waals surface area contributed by atoms with Gasteiger partial charge in [0.25, 0.3) is 0 Å². The van der Waals surface area contributed by atoms with Crippen molar-refractivity contribution in [3.8, 4) is 5.88 Å². The minimum atomic E-state index is 0. The lowest BCUT2D eigenvalue weighted by molar-refractivity contribution is 0.398. The Bertz CT molecular complexity index is 157. The average Bonchev–Trinajstić information content (AvgIpc) is 1.90. The first kappa shape index (κ1) is 11.9. The van der Waals surface area contributed by atoms with Crippen LogP contribution in [0.25, 0.3) is 0 Å². The molecule has 0 atom stereocenters. The topological polar surface area (TPSA) is 57.1 Å². The molecular weight excluding hydrogens is 152 g/mol. The summed E-state index contributed by atoms with van der Waals surface area (Å²) in [6, 6.07) is 5.54. The highest BCUT2D eigenvalue weighted by atomic mass is 35.5. The third-order valence-corrected chi connectivity index (χ3v) is 0.847.